The van der Waals surface area contributed by atoms with Crippen molar-refractivity contribution < 1.29 is 23.9 Å². The van der Waals surface area contributed by atoms with Gasteiger partial charge >= 0.3 is 11.9 Å². The molecule has 50 heavy (non-hydrogen) atoms. The number of cyclic esters (lactones) is 1. The fraction of sp³-hybridized carbons (Fsp3) is 0.341. The number of carbonyl (C=O) groups is 3. The van der Waals surface area contributed by atoms with E-state index in [9.17, 15) is 4.79 Å². The second-order valence-electron chi connectivity index (χ2n) is 14.9. The molecule has 0 aromatic heterocycles. The Morgan fingerprint density at radius 1 is 0.800 bits per heavy atom. The smallest absolute Gasteiger partial charge is 0.337 e. The minimum atomic E-state index is -1.29. The largest absolute Gasteiger partial charge is 0.465 e. The van der Waals surface area contributed by atoms with Crippen LogP contribution >= 0.6 is 23.2 Å². The first-order chi connectivity index (χ1) is 24.0. The molecular weight excluding hydrogens is 671 g/mol. The van der Waals surface area contributed by atoms with Crippen molar-refractivity contribution in [3.05, 3.63) is 135 Å². The first kappa shape index (κ1) is 33.0. The Labute approximate surface area is 301 Å². The van der Waals surface area contributed by atoms with Gasteiger partial charge < -0.3 is 14.8 Å². The number of halogens is 2. The van der Waals surface area contributed by atoms with E-state index in [-0.39, 0.29) is 16.9 Å². The Morgan fingerprint density at radius 2 is 1.46 bits per heavy atom. The molecule has 7 nitrogen and oxygen atoms in total. The third-order valence-corrected chi connectivity index (χ3v) is 12.2. The number of rotatable bonds is 4. The molecule has 256 valence electrons. The minimum Gasteiger partial charge on any atom is -0.465 e. The van der Waals surface area contributed by atoms with Gasteiger partial charge in [-0.05, 0) is 83.7 Å². The zero-order valence-corrected chi connectivity index (χ0v) is 29.6. The van der Waals surface area contributed by atoms with E-state index < -0.39 is 47.0 Å². The molecule has 4 aromatic rings. The molecule has 2 spiro atoms. The van der Waals surface area contributed by atoms with Crippen molar-refractivity contribution in [3.63, 3.8) is 0 Å². The fourth-order valence-electron chi connectivity index (χ4n) is 9.66. The maximum Gasteiger partial charge on any atom is 0.337 e. The van der Waals surface area contributed by atoms with Crippen molar-refractivity contribution in [2.75, 3.05) is 12.4 Å². The number of benzene rings is 4. The summed E-state index contributed by atoms with van der Waals surface area (Å²) in [6.07, 6.45) is 2.30. The van der Waals surface area contributed by atoms with E-state index in [0.717, 1.165) is 29.5 Å². The van der Waals surface area contributed by atoms with Gasteiger partial charge in [-0.25, -0.2) is 4.79 Å². The van der Waals surface area contributed by atoms with Gasteiger partial charge in [0.15, 0.2) is 0 Å². The summed E-state index contributed by atoms with van der Waals surface area (Å²) in [6, 6.07) is 29.2. The predicted octanol–water partition coefficient (Wildman–Crippen LogP) is 8.82. The molecular formula is C41H38Cl2N2O5. The van der Waals surface area contributed by atoms with Crippen LogP contribution in [-0.4, -0.2) is 41.4 Å². The zero-order chi connectivity index (χ0) is 35.0. The average Bonchev–Trinajstić information content (AvgIpc) is 3.55. The van der Waals surface area contributed by atoms with E-state index in [1.54, 1.807) is 24.3 Å². The lowest BCUT2D eigenvalue weighted by molar-refractivity contribution is -0.184. The van der Waals surface area contributed by atoms with Gasteiger partial charge in [0, 0.05) is 27.2 Å². The van der Waals surface area contributed by atoms with Gasteiger partial charge in [-0.2, -0.15) is 0 Å². The lowest BCUT2D eigenvalue weighted by Gasteiger charge is -2.57. The molecule has 0 bridgehead atoms. The summed E-state index contributed by atoms with van der Waals surface area (Å²) in [7, 11) is 1.32. The monoisotopic (exact) mass is 708 g/mol. The van der Waals surface area contributed by atoms with Gasteiger partial charge in [-0.3, -0.25) is 14.5 Å². The molecule has 1 N–H and O–H groups in total. The molecule has 3 heterocycles. The maximum atomic E-state index is 15.3. The van der Waals surface area contributed by atoms with E-state index in [1.807, 2.05) is 60.7 Å². The second kappa shape index (κ2) is 12.0. The van der Waals surface area contributed by atoms with Crippen LogP contribution in [0, 0.1) is 5.41 Å². The number of amides is 1. The number of nitrogens with one attached hydrogen (secondary N) is 1. The summed E-state index contributed by atoms with van der Waals surface area (Å²) in [5.74, 6) is -1.98. The summed E-state index contributed by atoms with van der Waals surface area (Å²) in [4.78, 5) is 45.7. The van der Waals surface area contributed by atoms with Crippen molar-refractivity contribution in [3.8, 4) is 0 Å². The summed E-state index contributed by atoms with van der Waals surface area (Å²) in [6.45, 7) is 4.54. The van der Waals surface area contributed by atoms with Crippen LogP contribution in [0.3, 0.4) is 0 Å². The van der Waals surface area contributed by atoms with Crippen LogP contribution in [-0.2, 0) is 24.5 Å². The molecule has 3 aliphatic heterocycles. The van der Waals surface area contributed by atoms with Gasteiger partial charge in [-0.15, -0.1) is 0 Å². The lowest BCUT2D eigenvalue weighted by atomic mass is 9.53. The van der Waals surface area contributed by atoms with Crippen molar-refractivity contribution in [2.45, 2.75) is 74.6 Å². The quantitative estimate of drug-likeness (QED) is 0.213. The zero-order valence-electron chi connectivity index (χ0n) is 28.1. The number of esters is 2. The number of methoxy groups -OCH3 is 1. The normalized spacial score (nSPS) is 27.8. The highest BCUT2D eigenvalue weighted by Gasteiger charge is 2.78. The lowest BCUT2D eigenvalue weighted by Crippen LogP contribution is -2.64. The molecule has 1 aliphatic carbocycles. The number of nitrogens with zero attached hydrogens (tertiary/aromatic N) is 1. The minimum absolute atomic E-state index is 0.0173. The van der Waals surface area contributed by atoms with Crippen LogP contribution in [0.5, 0.6) is 0 Å². The highest BCUT2D eigenvalue weighted by Crippen LogP contribution is 2.71. The summed E-state index contributed by atoms with van der Waals surface area (Å²) in [5.41, 5.74) is 1.95. The van der Waals surface area contributed by atoms with Crippen molar-refractivity contribution in [2.24, 2.45) is 5.41 Å². The fourth-order valence-corrected chi connectivity index (χ4v) is 10.1. The Bertz CT molecular complexity index is 2010. The molecule has 4 aromatic carbocycles. The van der Waals surface area contributed by atoms with Gasteiger partial charge in [-0.1, -0.05) is 104 Å². The molecule has 8 rings (SSSR count). The standard InChI is InChI=1S/C41H38Cl2N2O5/c1-39(2)16-18-40(19-17-39)41(30-15-14-28(42)23-31(30)44-38(41)48)32(26-20-27(36(46)49-3)22-29(43)21-26)34-37(47)50-35(25-12-8-5-9-13-25)33(45(34)40)24-10-6-4-7-11-24/h4-15,20-23,32-35H,16-19H2,1-3H3,(H,44,48)/t32-,33+,34+,35?,41?/m0/s1. The molecule has 0 radical (unpaired) electrons. The van der Waals surface area contributed by atoms with E-state index in [0.29, 0.717) is 34.1 Å². The molecule has 2 saturated heterocycles. The van der Waals surface area contributed by atoms with Gasteiger partial charge in [0.05, 0.1) is 18.7 Å². The number of ether oxygens (including phenoxy) is 2. The molecule has 4 aliphatic rings. The van der Waals surface area contributed by atoms with Crippen LogP contribution in [0.15, 0.2) is 97.1 Å². The average molecular weight is 710 g/mol. The number of carbonyl (C=O) groups excluding carboxylic acids is 3. The van der Waals surface area contributed by atoms with E-state index in [2.05, 4.69) is 36.2 Å². The second-order valence-corrected chi connectivity index (χ2v) is 15.7. The number of fused-ring (bicyclic) bond motifs is 5. The van der Waals surface area contributed by atoms with Gasteiger partial charge in [0.2, 0.25) is 5.91 Å². The third kappa shape index (κ3) is 4.77. The molecule has 2 unspecified atom stereocenters. The maximum absolute atomic E-state index is 15.3. The van der Waals surface area contributed by atoms with Crippen LogP contribution < -0.4 is 5.32 Å². The molecule has 5 atom stereocenters. The van der Waals surface area contributed by atoms with E-state index in [1.165, 1.54) is 7.11 Å². The topological polar surface area (TPSA) is 84.9 Å². The first-order valence-electron chi connectivity index (χ1n) is 17.1. The van der Waals surface area contributed by atoms with Crippen LogP contribution in [0.4, 0.5) is 5.69 Å². The SMILES string of the molecule is COC(=O)c1cc(Cl)cc([C@H]2[C@@H]3C(=O)OC(c4ccccc4)[C@@H](c4ccccc4)N3C3(CCC(C)(C)CC3)C23C(=O)Nc2cc(Cl)ccc23)c1. The number of morpholine rings is 1. The first-order valence-corrected chi connectivity index (χ1v) is 17.9. The van der Waals surface area contributed by atoms with Crippen molar-refractivity contribution in [1.82, 2.24) is 4.90 Å². The summed E-state index contributed by atoms with van der Waals surface area (Å²) < 4.78 is 11.7. The number of anilines is 1. The summed E-state index contributed by atoms with van der Waals surface area (Å²) >= 11 is 13.3. The Kier molecular flexibility index (Phi) is 7.90. The Balaban J connectivity index is 1.49. The molecule has 1 saturated carbocycles. The van der Waals surface area contributed by atoms with E-state index >= 15 is 9.59 Å². The van der Waals surface area contributed by atoms with Crippen LogP contribution in [0.2, 0.25) is 10.0 Å². The third-order valence-electron chi connectivity index (χ3n) is 11.8. The highest BCUT2D eigenvalue weighted by molar-refractivity contribution is 6.31. The van der Waals surface area contributed by atoms with Crippen molar-refractivity contribution >= 4 is 46.7 Å². The van der Waals surface area contributed by atoms with Gasteiger partial charge in [0.1, 0.15) is 17.6 Å². The van der Waals surface area contributed by atoms with Crippen LogP contribution in [0.25, 0.3) is 0 Å². The van der Waals surface area contributed by atoms with Crippen molar-refractivity contribution in [1.29, 1.82) is 0 Å². The molecule has 3 fully saturated rings. The Hall–Kier alpha value is -4.17. The van der Waals surface area contributed by atoms with Gasteiger partial charge in [0.25, 0.3) is 0 Å². The predicted molar refractivity (Wildman–Crippen MR) is 192 cm³/mol. The summed E-state index contributed by atoms with van der Waals surface area (Å²) in [5, 5.41) is 4.02. The number of hydrogen-bond donors (Lipinski definition) is 1. The molecule has 1 amide bonds. The Morgan fingerprint density at radius 3 is 2.12 bits per heavy atom. The number of hydrogen-bond acceptors (Lipinski definition) is 6. The molecule has 9 heteroatoms. The van der Waals surface area contributed by atoms with E-state index in [4.69, 9.17) is 32.7 Å². The highest BCUT2D eigenvalue weighted by atomic mass is 35.5. The van der Waals surface area contributed by atoms with Crippen LogP contribution in [0.1, 0.15) is 90.2 Å².